The Morgan fingerprint density at radius 3 is 2.41 bits per heavy atom. The standard InChI is InChI=1S/C19H20F2N2O3S/c1-13-12-15(20)6-7-17(13)22-19(24)14-8-10-23(11-9-14)27(25,26)18-5-3-2-4-16(18)21/h2-7,12,14H,8-11H2,1H3,(H,22,24). The van der Waals surface area contributed by atoms with Crippen molar-refractivity contribution < 1.29 is 22.0 Å². The number of carbonyl (C=O) groups excluding carboxylic acids is 1. The van der Waals surface area contributed by atoms with Crippen molar-refractivity contribution in [3.8, 4) is 0 Å². The van der Waals surface area contributed by atoms with Crippen LogP contribution in [0.15, 0.2) is 47.4 Å². The molecule has 1 amide bonds. The predicted molar refractivity (Wildman–Crippen MR) is 97.6 cm³/mol. The SMILES string of the molecule is Cc1cc(F)ccc1NC(=O)C1CCN(S(=O)(=O)c2ccccc2F)CC1. The van der Waals surface area contributed by atoms with Gasteiger partial charge < -0.3 is 5.32 Å². The molecule has 3 rings (SSSR count). The van der Waals surface area contributed by atoms with Gasteiger partial charge in [-0.1, -0.05) is 12.1 Å². The Morgan fingerprint density at radius 2 is 1.78 bits per heavy atom. The highest BCUT2D eigenvalue weighted by Crippen LogP contribution is 2.26. The van der Waals surface area contributed by atoms with Crippen molar-refractivity contribution in [2.75, 3.05) is 18.4 Å². The minimum absolute atomic E-state index is 0.136. The van der Waals surface area contributed by atoms with Crippen LogP contribution in [0.5, 0.6) is 0 Å². The van der Waals surface area contributed by atoms with Gasteiger partial charge in [0.2, 0.25) is 15.9 Å². The minimum atomic E-state index is -3.93. The first-order chi connectivity index (χ1) is 12.8. The number of hydrogen-bond acceptors (Lipinski definition) is 3. The maximum absolute atomic E-state index is 13.9. The Labute approximate surface area is 157 Å². The fourth-order valence-electron chi connectivity index (χ4n) is 3.15. The summed E-state index contributed by atoms with van der Waals surface area (Å²) in [7, 11) is -3.93. The molecule has 1 heterocycles. The molecule has 8 heteroatoms. The fraction of sp³-hybridized carbons (Fsp3) is 0.316. The predicted octanol–water partition coefficient (Wildman–Crippen LogP) is 3.31. The molecule has 0 spiro atoms. The Morgan fingerprint density at radius 1 is 1.11 bits per heavy atom. The lowest BCUT2D eigenvalue weighted by molar-refractivity contribution is -0.120. The van der Waals surface area contributed by atoms with Crippen LogP contribution in [0, 0.1) is 24.5 Å². The lowest BCUT2D eigenvalue weighted by atomic mass is 9.97. The summed E-state index contributed by atoms with van der Waals surface area (Å²) >= 11 is 0. The Bertz CT molecular complexity index is 955. The van der Waals surface area contributed by atoms with Crippen LogP contribution in [0.1, 0.15) is 18.4 Å². The molecule has 1 saturated heterocycles. The van der Waals surface area contributed by atoms with Gasteiger partial charge in [0.25, 0.3) is 0 Å². The largest absolute Gasteiger partial charge is 0.326 e. The highest BCUT2D eigenvalue weighted by atomic mass is 32.2. The molecule has 0 aliphatic carbocycles. The number of piperidine rings is 1. The molecule has 0 unspecified atom stereocenters. The first-order valence-corrected chi connectivity index (χ1v) is 10.0. The normalized spacial score (nSPS) is 16.3. The van der Waals surface area contributed by atoms with Gasteiger partial charge in [-0.05, 0) is 55.7 Å². The van der Waals surface area contributed by atoms with E-state index in [0.717, 1.165) is 6.07 Å². The van der Waals surface area contributed by atoms with Crippen LogP contribution in [0.3, 0.4) is 0 Å². The molecular formula is C19H20F2N2O3S. The third kappa shape index (κ3) is 4.17. The average molecular weight is 394 g/mol. The molecule has 1 N–H and O–H groups in total. The third-order valence-electron chi connectivity index (χ3n) is 4.73. The number of nitrogens with one attached hydrogen (secondary N) is 1. The number of anilines is 1. The summed E-state index contributed by atoms with van der Waals surface area (Å²) < 4.78 is 53.4. The van der Waals surface area contributed by atoms with Gasteiger partial charge in [0.15, 0.2) is 0 Å². The Kier molecular flexibility index (Phi) is 5.57. The van der Waals surface area contributed by atoms with Gasteiger partial charge in [0.05, 0.1) is 0 Å². The van der Waals surface area contributed by atoms with Crippen molar-refractivity contribution in [3.63, 3.8) is 0 Å². The van der Waals surface area contributed by atoms with Crippen LogP contribution in [0.4, 0.5) is 14.5 Å². The van der Waals surface area contributed by atoms with Gasteiger partial charge in [-0.15, -0.1) is 0 Å². The maximum atomic E-state index is 13.9. The lowest BCUT2D eigenvalue weighted by Gasteiger charge is -2.30. The summed E-state index contributed by atoms with van der Waals surface area (Å²) in [5.74, 6) is -1.75. The molecule has 144 valence electrons. The number of amides is 1. The molecule has 5 nitrogen and oxygen atoms in total. The molecule has 0 bridgehead atoms. The molecular weight excluding hydrogens is 374 g/mol. The number of halogens is 2. The van der Waals surface area contributed by atoms with E-state index in [1.807, 2.05) is 0 Å². The zero-order valence-corrected chi connectivity index (χ0v) is 15.6. The summed E-state index contributed by atoms with van der Waals surface area (Å²) in [4.78, 5) is 12.1. The lowest BCUT2D eigenvalue weighted by Crippen LogP contribution is -2.41. The van der Waals surface area contributed by atoms with E-state index in [9.17, 15) is 22.0 Å². The van der Waals surface area contributed by atoms with Crippen molar-refractivity contribution in [1.29, 1.82) is 0 Å². The van der Waals surface area contributed by atoms with Crippen LogP contribution in [0.25, 0.3) is 0 Å². The molecule has 27 heavy (non-hydrogen) atoms. The van der Waals surface area contributed by atoms with E-state index in [4.69, 9.17) is 0 Å². The zero-order valence-electron chi connectivity index (χ0n) is 14.8. The summed E-state index contributed by atoms with van der Waals surface area (Å²) in [6.45, 7) is 1.97. The second kappa shape index (κ2) is 7.74. The first kappa shape index (κ1) is 19.4. The van der Waals surface area contributed by atoms with Gasteiger partial charge in [-0.3, -0.25) is 4.79 Å². The maximum Gasteiger partial charge on any atom is 0.245 e. The van der Waals surface area contributed by atoms with Gasteiger partial charge in [-0.25, -0.2) is 17.2 Å². The molecule has 1 fully saturated rings. The summed E-state index contributed by atoms with van der Waals surface area (Å²) in [5.41, 5.74) is 1.14. The second-order valence-corrected chi connectivity index (χ2v) is 8.46. The fourth-order valence-corrected chi connectivity index (χ4v) is 4.69. The molecule has 0 aromatic heterocycles. The number of carbonyl (C=O) groups is 1. The van der Waals surface area contributed by atoms with E-state index in [0.29, 0.717) is 24.1 Å². The highest BCUT2D eigenvalue weighted by molar-refractivity contribution is 7.89. The first-order valence-electron chi connectivity index (χ1n) is 8.61. The number of rotatable bonds is 4. The average Bonchev–Trinajstić information content (AvgIpc) is 2.64. The Balaban J connectivity index is 1.65. The van der Waals surface area contributed by atoms with Crippen molar-refractivity contribution >= 4 is 21.6 Å². The topological polar surface area (TPSA) is 66.5 Å². The molecule has 0 saturated carbocycles. The van der Waals surface area contributed by atoms with Crippen LogP contribution in [-0.2, 0) is 14.8 Å². The van der Waals surface area contributed by atoms with Crippen molar-refractivity contribution in [3.05, 3.63) is 59.7 Å². The number of hydrogen-bond donors (Lipinski definition) is 1. The van der Waals surface area contributed by atoms with Crippen LogP contribution >= 0.6 is 0 Å². The molecule has 2 aromatic rings. The van der Waals surface area contributed by atoms with E-state index in [2.05, 4.69) is 5.32 Å². The van der Waals surface area contributed by atoms with Crippen molar-refractivity contribution in [2.24, 2.45) is 5.92 Å². The molecule has 2 aromatic carbocycles. The van der Waals surface area contributed by atoms with Gasteiger partial charge in [0.1, 0.15) is 16.5 Å². The number of sulfonamides is 1. The number of aryl methyl sites for hydroxylation is 1. The van der Waals surface area contributed by atoms with Gasteiger partial charge >= 0.3 is 0 Å². The summed E-state index contributed by atoms with van der Waals surface area (Å²) in [5, 5.41) is 2.77. The van der Waals surface area contributed by atoms with Crippen LogP contribution in [0.2, 0.25) is 0 Å². The van der Waals surface area contributed by atoms with Crippen LogP contribution in [-0.4, -0.2) is 31.7 Å². The monoisotopic (exact) mass is 394 g/mol. The third-order valence-corrected chi connectivity index (χ3v) is 6.66. The van der Waals surface area contributed by atoms with E-state index >= 15 is 0 Å². The minimum Gasteiger partial charge on any atom is -0.326 e. The quantitative estimate of drug-likeness (QED) is 0.865. The summed E-state index contributed by atoms with van der Waals surface area (Å²) in [6, 6.07) is 9.36. The van der Waals surface area contributed by atoms with E-state index in [-0.39, 0.29) is 35.6 Å². The summed E-state index contributed by atoms with van der Waals surface area (Å²) in [6.07, 6.45) is 0.666. The van der Waals surface area contributed by atoms with Gasteiger partial charge in [0, 0.05) is 24.7 Å². The molecule has 0 radical (unpaired) electrons. The van der Waals surface area contributed by atoms with Gasteiger partial charge in [-0.2, -0.15) is 4.31 Å². The van der Waals surface area contributed by atoms with E-state index in [1.54, 1.807) is 6.92 Å². The smallest absolute Gasteiger partial charge is 0.245 e. The van der Waals surface area contributed by atoms with Crippen molar-refractivity contribution in [1.82, 2.24) is 4.31 Å². The van der Waals surface area contributed by atoms with E-state index < -0.39 is 15.8 Å². The highest BCUT2D eigenvalue weighted by Gasteiger charge is 2.33. The molecule has 1 aliphatic rings. The Hall–Kier alpha value is -2.32. The zero-order chi connectivity index (χ0) is 19.6. The number of nitrogens with zero attached hydrogens (tertiary/aromatic N) is 1. The van der Waals surface area contributed by atoms with Crippen molar-refractivity contribution in [2.45, 2.75) is 24.7 Å². The molecule has 1 aliphatic heterocycles. The van der Waals surface area contributed by atoms with E-state index in [1.165, 1.54) is 40.7 Å². The molecule has 0 atom stereocenters. The van der Waals surface area contributed by atoms with Crippen LogP contribution < -0.4 is 5.32 Å². The second-order valence-electron chi connectivity index (χ2n) is 6.56. The number of benzene rings is 2.